The van der Waals surface area contributed by atoms with Crippen LogP contribution in [0.2, 0.25) is 0 Å². The van der Waals surface area contributed by atoms with Crippen molar-refractivity contribution in [3.05, 3.63) is 12.2 Å². The number of hydrogen-bond donors (Lipinski definition) is 3. The Bertz CT molecular complexity index is 1370. The minimum atomic E-state index is -0.840. The summed E-state index contributed by atoms with van der Waals surface area (Å²) in [5, 5.41) is 23.2. The molecule has 1 amide bonds. The SMILES string of the molecule is CCCCCCCCCCCCCCCCC/C=C/C(O)C(CO)NC(=O)CCCCCCCCCCCCCCCCCCCCCCCCCCCCCCCCCCCCCCCCCOC(=O)CCCCCCCCCCCCCCCCCCC. The minimum Gasteiger partial charge on any atom is -0.466 e. The molecule has 0 radical (unpaired) electrons. The lowest BCUT2D eigenvalue weighted by molar-refractivity contribution is -0.143. The molecule has 0 rings (SSSR count). The first-order valence-corrected chi connectivity index (χ1v) is 42.0. The number of hydrogen-bond acceptors (Lipinski definition) is 5. The van der Waals surface area contributed by atoms with E-state index in [-0.39, 0.29) is 18.5 Å². The van der Waals surface area contributed by atoms with Crippen LogP contribution in [-0.2, 0) is 14.3 Å². The van der Waals surface area contributed by atoms with Crippen LogP contribution in [0.3, 0.4) is 0 Å². The maximum absolute atomic E-state index is 12.5. The second kappa shape index (κ2) is 80.0. The summed E-state index contributed by atoms with van der Waals surface area (Å²) in [7, 11) is 0. The first kappa shape index (κ1) is 88.6. The predicted molar refractivity (Wildman–Crippen MR) is 398 cm³/mol. The van der Waals surface area contributed by atoms with E-state index in [0.29, 0.717) is 19.4 Å². The molecule has 0 saturated carbocycles. The Morgan fingerprint density at radius 1 is 0.300 bits per heavy atom. The quantitative estimate of drug-likeness (QED) is 0.0320. The summed E-state index contributed by atoms with van der Waals surface area (Å²) in [5.41, 5.74) is 0. The lowest BCUT2D eigenvalue weighted by atomic mass is 10.0. The summed E-state index contributed by atoms with van der Waals surface area (Å²) in [6.07, 6.45) is 102. The molecule has 0 aliphatic carbocycles. The second-order valence-corrected chi connectivity index (χ2v) is 29.2. The zero-order valence-electron chi connectivity index (χ0n) is 61.7. The van der Waals surface area contributed by atoms with E-state index in [9.17, 15) is 19.8 Å². The van der Waals surface area contributed by atoms with E-state index in [1.54, 1.807) is 6.08 Å². The van der Waals surface area contributed by atoms with E-state index >= 15 is 0 Å². The van der Waals surface area contributed by atoms with Crippen molar-refractivity contribution < 1.29 is 24.5 Å². The highest BCUT2D eigenvalue weighted by molar-refractivity contribution is 5.76. The zero-order chi connectivity index (χ0) is 64.9. The summed E-state index contributed by atoms with van der Waals surface area (Å²) >= 11 is 0. The van der Waals surface area contributed by atoms with E-state index in [1.165, 1.54) is 424 Å². The molecule has 6 heteroatoms. The molecule has 0 saturated heterocycles. The van der Waals surface area contributed by atoms with Crippen molar-refractivity contribution in [1.82, 2.24) is 5.32 Å². The molecule has 0 heterocycles. The molecule has 0 bridgehead atoms. The van der Waals surface area contributed by atoms with Gasteiger partial charge in [0, 0.05) is 12.8 Å². The summed E-state index contributed by atoms with van der Waals surface area (Å²) in [5.74, 6) is -0.0283. The molecule has 2 unspecified atom stereocenters. The first-order chi connectivity index (χ1) is 44.5. The molecule has 0 aromatic carbocycles. The molecule has 0 aromatic rings. The third kappa shape index (κ3) is 75.6. The average molecular weight is 1270 g/mol. The number of amides is 1. The van der Waals surface area contributed by atoms with Gasteiger partial charge in [-0.05, 0) is 32.1 Å². The van der Waals surface area contributed by atoms with Crippen LogP contribution in [0.5, 0.6) is 0 Å². The number of aliphatic hydroxyl groups is 2. The van der Waals surface area contributed by atoms with Crippen molar-refractivity contribution in [3.8, 4) is 0 Å². The van der Waals surface area contributed by atoms with Gasteiger partial charge in [-0.1, -0.05) is 456 Å². The summed E-state index contributed by atoms with van der Waals surface area (Å²) in [4.78, 5) is 24.6. The standard InChI is InChI=1S/C84H165NO5/c1-3-5-7-9-11-13-15-17-19-44-48-52-56-60-64-68-72-76-82(87)81(80-86)85-83(88)77-73-69-65-61-57-53-49-46-42-40-38-36-34-32-30-28-26-24-22-21-23-25-27-29-31-33-35-37-39-41-43-47-51-55-59-63-67-71-75-79-90-84(89)78-74-70-66-62-58-54-50-45-20-18-16-14-12-10-8-6-4-2/h72,76,81-82,86-87H,3-71,73-75,77-80H2,1-2H3,(H,85,88)/b76-72+. The Balaban J connectivity index is 3.29. The number of rotatable bonds is 80. The van der Waals surface area contributed by atoms with Crippen LogP contribution in [0.1, 0.15) is 489 Å². The molecule has 0 aliphatic heterocycles. The molecule has 0 aromatic heterocycles. The lowest BCUT2D eigenvalue weighted by Crippen LogP contribution is -2.45. The monoisotopic (exact) mass is 1270 g/mol. The molecule has 90 heavy (non-hydrogen) atoms. The average Bonchev–Trinajstić information content (AvgIpc) is 3.72. The van der Waals surface area contributed by atoms with Gasteiger partial charge >= 0.3 is 5.97 Å². The third-order valence-electron chi connectivity index (χ3n) is 20.1. The van der Waals surface area contributed by atoms with E-state index < -0.39 is 12.1 Å². The van der Waals surface area contributed by atoms with E-state index in [2.05, 4.69) is 19.2 Å². The van der Waals surface area contributed by atoms with Gasteiger partial charge in [0.05, 0.1) is 25.4 Å². The fraction of sp³-hybridized carbons (Fsp3) is 0.952. The Labute approximate surface area is 565 Å². The number of nitrogens with one attached hydrogen (secondary N) is 1. The van der Waals surface area contributed by atoms with Crippen molar-refractivity contribution >= 4 is 11.9 Å². The van der Waals surface area contributed by atoms with E-state index in [0.717, 1.165) is 38.5 Å². The first-order valence-electron chi connectivity index (χ1n) is 42.0. The molecule has 3 N–H and O–H groups in total. The van der Waals surface area contributed by atoms with Crippen LogP contribution >= 0.6 is 0 Å². The highest BCUT2D eigenvalue weighted by Gasteiger charge is 2.18. The number of unbranched alkanes of at least 4 members (excludes halogenated alkanes) is 69. The van der Waals surface area contributed by atoms with Gasteiger partial charge in [0.2, 0.25) is 5.91 Å². The minimum absolute atomic E-state index is 0.0291. The van der Waals surface area contributed by atoms with E-state index in [1.807, 2.05) is 6.08 Å². The topological polar surface area (TPSA) is 95.9 Å². The van der Waals surface area contributed by atoms with Gasteiger partial charge in [0.1, 0.15) is 0 Å². The zero-order valence-corrected chi connectivity index (χ0v) is 61.7. The van der Waals surface area contributed by atoms with Gasteiger partial charge < -0.3 is 20.3 Å². The fourth-order valence-corrected chi connectivity index (χ4v) is 13.7. The summed E-state index contributed by atoms with van der Waals surface area (Å²) in [6, 6.07) is -0.623. The number of ether oxygens (including phenoxy) is 1. The van der Waals surface area contributed by atoms with Crippen LogP contribution < -0.4 is 5.32 Å². The van der Waals surface area contributed by atoms with Crippen molar-refractivity contribution in [1.29, 1.82) is 0 Å². The Morgan fingerprint density at radius 2 is 0.511 bits per heavy atom. The van der Waals surface area contributed by atoms with E-state index in [4.69, 9.17) is 4.74 Å². The van der Waals surface area contributed by atoms with Crippen molar-refractivity contribution in [3.63, 3.8) is 0 Å². The summed E-state index contributed by atoms with van der Waals surface area (Å²) in [6.45, 7) is 4.97. The third-order valence-corrected chi connectivity index (χ3v) is 20.1. The smallest absolute Gasteiger partial charge is 0.305 e. The predicted octanol–water partition coefficient (Wildman–Crippen LogP) is 27.8. The number of allylic oxidation sites excluding steroid dienone is 1. The highest BCUT2D eigenvalue weighted by Crippen LogP contribution is 2.21. The largest absolute Gasteiger partial charge is 0.466 e. The van der Waals surface area contributed by atoms with Crippen LogP contribution in [0.4, 0.5) is 0 Å². The number of carbonyl (C=O) groups excluding carboxylic acids is 2. The molecule has 2 atom stereocenters. The Kier molecular flexibility index (Phi) is 78.8. The molecular weight excluding hydrogens is 1100 g/mol. The number of esters is 1. The fourth-order valence-electron chi connectivity index (χ4n) is 13.7. The van der Waals surface area contributed by atoms with Gasteiger partial charge in [-0.2, -0.15) is 0 Å². The van der Waals surface area contributed by atoms with Crippen LogP contribution in [0.15, 0.2) is 12.2 Å². The van der Waals surface area contributed by atoms with Gasteiger partial charge in [-0.3, -0.25) is 9.59 Å². The van der Waals surface area contributed by atoms with Gasteiger partial charge in [-0.15, -0.1) is 0 Å². The van der Waals surface area contributed by atoms with Crippen LogP contribution in [0, 0.1) is 0 Å². The Hall–Kier alpha value is -1.40. The maximum atomic E-state index is 12.5. The summed E-state index contributed by atoms with van der Waals surface area (Å²) < 4.78 is 5.52. The van der Waals surface area contributed by atoms with Crippen LogP contribution in [-0.4, -0.2) is 47.4 Å². The van der Waals surface area contributed by atoms with Crippen LogP contribution in [0.25, 0.3) is 0 Å². The second-order valence-electron chi connectivity index (χ2n) is 29.2. The van der Waals surface area contributed by atoms with Gasteiger partial charge in [0.15, 0.2) is 0 Å². The van der Waals surface area contributed by atoms with Crippen molar-refractivity contribution in [2.45, 2.75) is 501 Å². The molecule has 6 nitrogen and oxygen atoms in total. The van der Waals surface area contributed by atoms with Crippen molar-refractivity contribution in [2.24, 2.45) is 0 Å². The molecular formula is C84H165NO5. The molecule has 536 valence electrons. The maximum Gasteiger partial charge on any atom is 0.305 e. The number of carbonyl (C=O) groups is 2. The normalized spacial score (nSPS) is 12.4. The molecule has 0 fully saturated rings. The van der Waals surface area contributed by atoms with Gasteiger partial charge in [0.25, 0.3) is 0 Å². The Morgan fingerprint density at radius 3 is 0.756 bits per heavy atom. The molecule has 0 spiro atoms. The lowest BCUT2D eigenvalue weighted by Gasteiger charge is -2.20. The number of aliphatic hydroxyl groups excluding tert-OH is 2. The highest BCUT2D eigenvalue weighted by atomic mass is 16.5. The molecule has 0 aliphatic rings. The van der Waals surface area contributed by atoms with Crippen molar-refractivity contribution in [2.75, 3.05) is 13.2 Å². The van der Waals surface area contributed by atoms with Gasteiger partial charge in [-0.25, -0.2) is 0 Å².